The van der Waals surface area contributed by atoms with Crippen molar-refractivity contribution in [2.45, 2.75) is 38.2 Å². The van der Waals surface area contributed by atoms with E-state index in [4.69, 9.17) is 0 Å². The summed E-state index contributed by atoms with van der Waals surface area (Å²) in [5.41, 5.74) is -3.49. The van der Waals surface area contributed by atoms with E-state index in [-0.39, 0.29) is 35.5 Å². The van der Waals surface area contributed by atoms with Gasteiger partial charge in [0.1, 0.15) is 0 Å². The minimum Gasteiger partial charge on any atom is -0.346 e. The number of alkyl halides is 6. The quantitative estimate of drug-likeness (QED) is 0.417. The Morgan fingerprint density at radius 2 is 1.60 bits per heavy atom. The Kier molecular flexibility index (Phi) is 7.51. The Labute approximate surface area is 224 Å². The lowest BCUT2D eigenvalue weighted by Crippen LogP contribution is -2.29. The van der Waals surface area contributed by atoms with E-state index >= 15 is 0 Å². The molecule has 0 saturated heterocycles. The van der Waals surface area contributed by atoms with E-state index in [0.29, 0.717) is 17.8 Å². The summed E-state index contributed by atoms with van der Waals surface area (Å²) in [6.07, 6.45) is -7.06. The molecular weight excluding hydrogens is 544 g/mol. The molecule has 1 atom stereocenters. The number of anilines is 2. The summed E-state index contributed by atoms with van der Waals surface area (Å²) in [7, 11) is 4.95. The normalized spacial score (nSPS) is 14.6. The molecule has 1 aromatic carbocycles. The molecule has 40 heavy (non-hydrogen) atoms. The number of carbonyl (C=O) groups is 2. The van der Waals surface area contributed by atoms with Gasteiger partial charge in [-0.05, 0) is 50.1 Å². The van der Waals surface area contributed by atoms with E-state index in [1.807, 2.05) is 0 Å². The molecular formula is C25H25F6N7O2. The number of nitrogens with one attached hydrogen (secondary N) is 1. The van der Waals surface area contributed by atoms with Gasteiger partial charge in [-0.25, -0.2) is 4.98 Å². The largest absolute Gasteiger partial charge is 0.416 e. The van der Waals surface area contributed by atoms with Crippen molar-refractivity contribution in [3.63, 3.8) is 0 Å². The summed E-state index contributed by atoms with van der Waals surface area (Å²) in [4.78, 5) is 37.0. The molecule has 1 aliphatic carbocycles. The number of amides is 2. The summed E-state index contributed by atoms with van der Waals surface area (Å²) < 4.78 is 80.8. The Morgan fingerprint density at radius 3 is 2.08 bits per heavy atom. The van der Waals surface area contributed by atoms with Crippen molar-refractivity contribution in [2.75, 3.05) is 30.9 Å². The number of halogens is 6. The van der Waals surface area contributed by atoms with Gasteiger partial charge < -0.3 is 15.1 Å². The van der Waals surface area contributed by atoms with Gasteiger partial charge in [0, 0.05) is 32.6 Å². The summed E-state index contributed by atoms with van der Waals surface area (Å²) in [6.45, 7) is 1.45. The van der Waals surface area contributed by atoms with Crippen LogP contribution in [0.1, 0.15) is 53.1 Å². The highest BCUT2D eigenvalue weighted by atomic mass is 19.4. The van der Waals surface area contributed by atoms with Crippen molar-refractivity contribution >= 4 is 23.5 Å². The average molecular weight is 570 g/mol. The van der Waals surface area contributed by atoms with Gasteiger partial charge in [-0.1, -0.05) is 0 Å². The Bertz CT molecular complexity index is 1380. The predicted octanol–water partition coefficient (Wildman–Crippen LogP) is 4.63. The van der Waals surface area contributed by atoms with Crippen molar-refractivity contribution < 1.29 is 35.9 Å². The fourth-order valence-electron chi connectivity index (χ4n) is 3.82. The topological polar surface area (TPSA) is 96.3 Å². The molecule has 2 aromatic heterocycles. The number of pyridine rings is 1. The van der Waals surface area contributed by atoms with Crippen LogP contribution in [0.3, 0.4) is 0 Å². The van der Waals surface area contributed by atoms with Crippen LogP contribution in [0.25, 0.3) is 5.82 Å². The second-order valence-electron chi connectivity index (χ2n) is 9.61. The molecule has 2 heterocycles. The van der Waals surface area contributed by atoms with Crippen LogP contribution in [0, 0.1) is 5.92 Å². The fourth-order valence-corrected chi connectivity index (χ4v) is 3.82. The van der Waals surface area contributed by atoms with Crippen LogP contribution in [-0.2, 0) is 17.1 Å². The van der Waals surface area contributed by atoms with Crippen molar-refractivity contribution in [3.8, 4) is 5.82 Å². The summed E-state index contributed by atoms with van der Waals surface area (Å²) in [6, 6.07) is 2.86. The first-order chi connectivity index (χ1) is 18.6. The Balaban J connectivity index is 1.63. The highest BCUT2D eigenvalue weighted by Crippen LogP contribution is 2.36. The Morgan fingerprint density at radius 1 is 1.00 bits per heavy atom. The molecule has 2 amide bonds. The molecule has 1 aliphatic rings. The molecule has 0 aliphatic heterocycles. The maximum absolute atomic E-state index is 13.3. The number of rotatable bonds is 7. The van der Waals surface area contributed by atoms with Gasteiger partial charge >= 0.3 is 12.4 Å². The smallest absolute Gasteiger partial charge is 0.346 e. The zero-order valence-corrected chi connectivity index (χ0v) is 21.8. The Hall–Kier alpha value is -4.17. The van der Waals surface area contributed by atoms with E-state index in [1.165, 1.54) is 22.7 Å². The molecule has 1 unspecified atom stereocenters. The van der Waals surface area contributed by atoms with Crippen molar-refractivity contribution in [3.05, 3.63) is 59.0 Å². The third-order valence-corrected chi connectivity index (χ3v) is 6.20. The molecule has 1 N–H and O–H groups in total. The lowest BCUT2D eigenvalue weighted by Gasteiger charge is -2.18. The average Bonchev–Trinajstić information content (AvgIpc) is 3.63. The van der Waals surface area contributed by atoms with Gasteiger partial charge in [0.25, 0.3) is 5.91 Å². The molecule has 214 valence electrons. The maximum atomic E-state index is 13.3. The third-order valence-electron chi connectivity index (χ3n) is 6.20. The lowest BCUT2D eigenvalue weighted by molar-refractivity contribution is -0.143. The number of hydrogen-bond donors (Lipinski definition) is 1. The van der Waals surface area contributed by atoms with Crippen molar-refractivity contribution in [2.24, 2.45) is 5.92 Å². The molecule has 0 radical (unpaired) electrons. The summed E-state index contributed by atoms with van der Waals surface area (Å²) in [5, 5.41) is 6.76. The van der Waals surface area contributed by atoms with E-state index in [1.54, 1.807) is 38.2 Å². The molecule has 3 aromatic rings. The number of hydrogen-bond acceptors (Lipinski definition) is 6. The van der Waals surface area contributed by atoms with Gasteiger partial charge in [-0.15, -0.1) is 5.10 Å². The van der Waals surface area contributed by atoms with Gasteiger partial charge in [-0.3, -0.25) is 9.59 Å². The van der Waals surface area contributed by atoms with Gasteiger partial charge in [0.2, 0.25) is 11.9 Å². The molecule has 0 bridgehead atoms. The molecule has 4 rings (SSSR count). The van der Waals surface area contributed by atoms with Crippen LogP contribution in [0.2, 0.25) is 0 Å². The number of aromatic nitrogens is 4. The molecule has 1 fully saturated rings. The molecule has 0 spiro atoms. The highest BCUT2D eigenvalue weighted by molar-refractivity contribution is 5.96. The van der Waals surface area contributed by atoms with Crippen molar-refractivity contribution in [1.82, 2.24) is 25.1 Å². The number of nitrogens with zero attached hydrogens (tertiary/aromatic N) is 6. The van der Waals surface area contributed by atoms with E-state index in [0.717, 1.165) is 12.8 Å². The minimum absolute atomic E-state index is 0.00254. The second kappa shape index (κ2) is 10.4. The SMILES string of the molecule is CC(NC(=O)c1cc(C(F)(F)F)cc(C(F)(F)F)c1)c1nc(N(C)C)nn1-c1ccc(N(C)C(=O)C2CC2)cn1. The summed E-state index contributed by atoms with van der Waals surface area (Å²) >= 11 is 0. The van der Waals surface area contributed by atoms with Crippen LogP contribution < -0.4 is 15.1 Å². The zero-order chi connectivity index (χ0) is 29.6. The van der Waals surface area contributed by atoms with E-state index in [2.05, 4.69) is 20.4 Å². The fraction of sp³-hybridized carbons (Fsp3) is 0.400. The first-order valence-corrected chi connectivity index (χ1v) is 12.0. The van der Waals surface area contributed by atoms with E-state index in [9.17, 15) is 35.9 Å². The molecule has 1 saturated carbocycles. The highest BCUT2D eigenvalue weighted by Gasteiger charge is 2.38. The minimum atomic E-state index is -5.10. The second-order valence-corrected chi connectivity index (χ2v) is 9.61. The molecule has 15 heteroatoms. The first kappa shape index (κ1) is 28.8. The lowest BCUT2D eigenvalue weighted by atomic mass is 10.0. The number of benzene rings is 1. The van der Waals surface area contributed by atoms with E-state index < -0.39 is 41.0 Å². The first-order valence-electron chi connectivity index (χ1n) is 12.0. The number of carbonyl (C=O) groups excluding carboxylic acids is 2. The van der Waals surface area contributed by atoms with Crippen LogP contribution in [-0.4, -0.2) is 52.7 Å². The maximum Gasteiger partial charge on any atom is 0.416 e. The van der Waals surface area contributed by atoms with Gasteiger partial charge in [0.15, 0.2) is 11.6 Å². The standard InChI is InChI=1S/C25H25F6N7O2/c1-13(33-21(39)15-9-16(24(26,27)28)11-17(10-15)25(29,30)31)20-34-23(36(2)3)35-38(20)19-8-7-18(12-32-19)37(4)22(40)14-5-6-14/h7-14H,5-6H2,1-4H3,(H,33,39). The predicted molar refractivity (Wildman–Crippen MR) is 132 cm³/mol. The monoisotopic (exact) mass is 569 g/mol. The van der Waals surface area contributed by atoms with Gasteiger partial charge in [0.05, 0.1) is 29.1 Å². The van der Waals surface area contributed by atoms with Crippen LogP contribution >= 0.6 is 0 Å². The zero-order valence-electron chi connectivity index (χ0n) is 21.8. The third kappa shape index (κ3) is 6.18. The van der Waals surface area contributed by atoms with Crippen LogP contribution in [0.15, 0.2) is 36.5 Å². The van der Waals surface area contributed by atoms with Crippen LogP contribution in [0.4, 0.5) is 38.0 Å². The van der Waals surface area contributed by atoms with Crippen molar-refractivity contribution in [1.29, 1.82) is 0 Å². The summed E-state index contributed by atoms with van der Waals surface area (Å²) in [5.74, 6) is -0.614. The van der Waals surface area contributed by atoms with Gasteiger partial charge in [-0.2, -0.15) is 36.0 Å². The van der Waals surface area contributed by atoms with Crippen LogP contribution in [0.5, 0.6) is 0 Å². The molecule has 9 nitrogen and oxygen atoms in total.